The SMILES string of the molecule is Nc1csc(S(=O)(=O)NC2CCS(=O)CC2)c1. The van der Waals surface area contributed by atoms with E-state index in [-0.39, 0.29) is 10.3 Å². The van der Waals surface area contributed by atoms with Crippen molar-refractivity contribution < 1.29 is 12.6 Å². The molecule has 0 aromatic carbocycles. The summed E-state index contributed by atoms with van der Waals surface area (Å²) in [5, 5.41) is 1.60. The fourth-order valence-electron chi connectivity index (χ4n) is 1.66. The lowest BCUT2D eigenvalue weighted by Gasteiger charge is -2.21. The topological polar surface area (TPSA) is 89.3 Å². The van der Waals surface area contributed by atoms with E-state index in [2.05, 4.69) is 4.72 Å². The summed E-state index contributed by atoms with van der Waals surface area (Å²) in [6.45, 7) is 0. The predicted molar refractivity (Wildman–Crippen MR) is 70.0 cm³/mol. The second-order valence-corrected chi connectivity index (χ2v) is 8.49. The molecule has 1 aliphatic rings. The lowest BCUT2D eigenvalue weighted by atomic mass is 10.2. The summed E-state index contributed by atoms with van der Waals surface area (Å²) < 4.78 is 38.0. The van der Waals surface area contributed by atoms with E-state index in [0.717, 1.165) is 11.3 Å². The Morgan fingerprint density at radius 3 is 2.59 bits per heavy atom. The molecule has 0 radical (unpaired) electrons. The zero-order valence-corrected chi connectivity index (χ0v) is 11.5. The van der Waals surface area contributed by atoms with Crippen LogP contribution in [0, 0.1) is 0 Å². The molecule has 0 unspecified atom stereocenters. The van der Waals surface area contributed by atoms with Gasteiger partial charge in [-0.15, -0.1) is 11.3 Å². The van der Waals surface area contributed by atoms with Gasteiger partial charge < -0.3 is 5.73 Å². The average Bonchev–Trinajstić information content (AvgIpc) is 2.69. The van der Waals surface area contributed by atoms with Gasteiger partial charge in [-0.25, -0.2) is 13.1 Å². The molecule has 2 heterocycles. The lowest BCUT2D eigenvalue weighted by Crippen LogP contribution is -2.39. The van der Waals surface area contributed by atoms with Gasteiger partial charge in [-0.1, -0.05) is 0 Å². The Labute approximate surface area is 107 Å². The molecule has 0 spiro atoms. The van der Waals surface area contributed by atoms with Gasteiger partial charge in [0.15, 0.2) is 0 Å². The first-order valence-electron chi connectivity index (χ1n) is 5.19. The number of nitrogens with one attached hydrogen (secondary N) is 1. The van der Waals surface area contributed by atoms with Crippen LogP contribution >= 0.6 is 11.3 Å². The van der Waals surface area contributed by atoms with Crippen LogP contribution in [0.15, 0.2) is 15.7 Å². The summed E-state index contributed by atoms with van der Waals surface area (Å²) in [5.41, 5.74) is 5.96. The third kappa shape index (κ3) is 3.27. The molecule has 0 amide bonds. The molecule has 1 fully saturated rings. The van der Waals surface area contributed by atoms with E-state index in [1.54, 1.807) is 5.38 Å². The molecule has 2 rings (SSSR count). The summed E-state index contributed by atoms with van der Waals surface area (Å²) in [6, 6.07) is 1.34. The minimum Gasteiger partial charge on any atom is -0.398 e. The van der Waals surface area contributed by atoms with Crippen LogP contribution in [0.1, 0.15) is 12.8 Å². The molecule has 0 atom stereocenters. The number of sulfonamides is 1. The Bertz CT molecular complexity index is 513. The van der Waals surface area contributed by atoms with E-state index in [4.69, 9.17) is 5.73 Å². The fourth-order valence-corrected chi connectivity index (χ4v) is 5.36. The van der Waals surface area contributed by atoms with Crippen molar-refractivity contribution in [2.75, 3.05) is 17.2 Å². The van der Waals surface area contributed by atoms with Crippen molar-refractivity contribution in [3.63, 3.8) is 0 Å². The second-order valence-electron chi connectivity index (χ2n) is 3.94. The van der Waals surface area contributed by atoms with Crippen LogP contribution in [-0.4, -0.2) is 30.2 Å². The molecule has 1 aliphatic heterocycles. The standard InChI is InChI=1S/C9H14N2O3S3/c10-7-5-9(15-6-7)17(13,14)11-8-1-3-16(12)4-2-8/h5-6,8,11H,1-4,10H2. The molecule has 0 aliphatic carbocycles. The highest BCUT2D eigenvalue weighted by molar-refractivity contribution is 7.91. The number of rotatable bonds is 3. The molecule has 5 nitrogen and oxygen atoms in total. The van der Waals surface area contributed by atoms with Crippen LogP contribution in [0.5, 0.6) is 0 Å². The minimum atomic E-state index is -3.47. The second kappa shape index (κ2) is 5.05. The van der Waals surface area contributed by atoms with Crippen LogP contribution in [0.3, 0.4) is 0 Å². The molecule has 8 heteroatoms. The maximum atomic E-state index is 12.0. The molecule has 0 bridgehead atoms. The van der Waals surface area contributed by atoms with E-state index in [9.17, 15) is 12.6 Å². The molecular weight excluding hydrogens is 280 g/mol. The van der Waals surface area contributed by atoms with Gasteiger partial charge in [0.2, 0.25) is 10.0 Å². The number of thiophene rings is 1. The summed E-state index contributed by atoms with van der Waals surface area (Å²) in [6.07, 6.45) is 1.26. The number of nitrogen functional groups attached to an aromatic ring is 1. The summed E-state index contributed by atoms with van der Waals surface area (Å²) in [4.78, 5) is 0. The largest absolute Gasteiger partial charge is 0.398 e. The Morgan fingerprint density at radius 2 is 2.06 bits per heavy atom. The zero-order valence-electron chi connectivity index (χ0n) is 9.09. The van der Waals surface area contributed by atoms with Crippen molar-refractivity contribution in [2.24, 2.45) is 0 Å². The maximum absolute atomic E-state index is 12.0. The summed E-state index contributed by atoms with van der Waals surface area (Å²) in [7, 11) is -4.25. The smallest absolute Gasteiger partial charge is 0.250 e. The van der Waals surface area contributed by atoms with Crippen LogP contribution in [0.4, 0.5) is 5.69 Å². The first-order valence-corrected chi connectivity index (χ1v) is 9.04. The van der Waals surface area contributed by atoms with Gasteiger partial charge in [-0.05, 0) is 18.9 Å². The lowest BCUT2D eigenvalue weighted by molar-refractivity contribution is 0.523. The Balaban J connectivity index is 2.05. The number of hydrogen-bond donors (Lipinski definition) is 2. The highest BCUT2D eigenvalue weighted by Gasteiger charge is 2.24. The predicted octanol–water partition coefficient (Wildman–Crippen LogP) is 0.520. The highest BCUT2D eigenvalue weighted by Crippen LogP contribution is 2.22. The van der Waals surface area contributed by atoms with Crippen LogP contribution in [0.2, 0.25) is 0 Å². The third-order valence-corrected chi connectivity index (χ3v) is 6.93. The first kappa shape index (κ1) is 13.0. The van der Waals surface area contributed by atoms with Gasteiger partial charge >= 0.3 is 0 Å². The first-order chi connectivity index (χ1) is 7.97. The van der Waals surface area contributed by atoms with Crippen molar-refractivity contribution in [3.8, 4) is 0 Å². The van der Waals surface area contributed by atoms with Crippen molar-refractivity contribution in [1.82, 2.24) is 4.72 Å². The normalized spacial score (nSPS) is 25.9. The van der Waals surface area contributed by atoms with Crippen molar-refractivity contribution in [1.29, 1.82) is 0 Å². The van der Waals surface area contributed by atoms with E-state index in [1.807, 2.05) is 0 Å². The molecule has 0 saturated carbocycles. The molecule has 17 heavy (non-hydrogen) atoms. The molecule has 3 N–H and O–H groups in total. The van der Waals surface area contributed by atoms with Gasteiger partial charge in [-0.2, -0.15) is 0 Å². The summed E-state index contributed by atoms with van der Waals surface area (Å²) >= 11 is 1.11. The van der Waals surface area contributed by atoms with Crippen molar-refractivity contribution in [2.45, 2.75) is 23.1 Å². The molecule has 1 aromatic rings. The average molecular weight is 294 g/mol. The van der Waals surface area contributed by atoms with Gasteiger partial charge in [0.1, 0.15) is 4.21 Å². The highest BCUT2D eigenvalue weighted by atomic mass is 32.2. The van der Waals surface area contributed by atoms with Gasteiger partial charge in [-0.3, -0.25) is 4.21 Å². The van der Waals surface area contributed by atoms with E-state index in [0.29, 0.717) is 30.0 Å². The van der Waals surface area contributed by atoms with Crippen LogP contribution in [-0.2, 0) is 20.8 Å². The monoisotopic (exact) mass is 294 g/mol. The number of anilines is 1. The quantitative estimate of drug-likeness (QED) is 0.850. The van der Waals surface area contributed by atoms with Gasteiger partial charge in [0.05, 0.1) is 0 Å². The Morgan fingerprint density at radius 1 is 1.41 bits per heavy atom. The maximum Gasteiger partial charge on any atom is 0.250 e. The van der Waals surface area contributed by atoms with Crippen molar-refractivity contribution in [3.05, 3.63) is 11.4 Å². The summed E-state index contributed by atoms with van der Waals surface area (Å²) in [5.74, 6) is 1.14. The van der Waals surface area contributed by atoms with Gasteiger partial charge in [0.25, 0.3) is 0 Å². The van der Waals surface area contributed by atoms with E-state index < -0.39 is 20.8 Å². The molecule has 1 aromatic heterocycles. The minimum absolute atomic E-state index is 0.110. The van der Waals surface area contributed by atoms with Crippen molar-refractivity contribution >= 4 is 37.8 Å². The Kier molecular flexibility index (Phi) is 3.86. The fraction of sp³-hybridized carbons (Fsp3) is 0.556. The third-order valence-electron chi connectivity index (χ3n) is 2.57. The molecule has 1 saturated heterocycles. The Hall–Kier alpha value is -0.440. The number of hydrogen-bond acceptors (Lipinski definition) is 5. The zero-order chi connectivity index (χ0) is 12.5. The van der Waals surface area contributed by atoms with Gasteiger partial charge in [0, 0.05) is 39.4 Å². The van der Waals surface area contributed by atoms with Crippen LogP contribution in [0.25, 0.3) is 0 Å². The van der Waals surface area contributed by atoms with E-state index >= 15 is 0 Å². The molecule has 96 valence electrons. The number of nitrogens with two attached hydrogens (primary N) is 1. The van der Waals surface area contributed by atoms with Crippen LogP contribution < -0.4 is 10.5 Å². The molecular formula is C9H14N2O3S3. The van der Waals surface area contributed by atoms with E-state index in [1.165, 1.54) is 6.07 Å².